The Balaban J connectivity index is 0. The molecule has 0 fully saturated rings. The summed E-state index contributed by atoms with van der Waals surface area (Å²) in [5, 5.41) is 7.00. The second-order valence-corrected chi connectivity index (χ2v) is 3.20. The Morgan fingerprint density at radius 1 is 1.14 bits per heavy atom. The monoisotopic (exact) mass is 124 g/mol. The summed E-state index contributed by atoms with van der Waals surface area (Å²) in [5.74, 6) is 0. The number of hydrogen-bond donors (Lipinski definition) is 1. The molecular formula is C5H13ClO. The predicted octanol–water partition coefficient (Wildman–Crippen LogP) is 1.63. The molecule has 0 amide bonds. The minimum absolute atomic E-state index is 0.0278. The van der Waals surface area contributed by atoms with Gasteiger partial charge in [-0.25, -0.2) is 0 Å². The Kier molecular flexibility index (Phi) is 6.47. The van der Waals surface area contributed by atoms with Gasteiger partial charge in [-0.15, -0.1) is 11.6 Å². The van der Waals surface area contributed by atoms with E-state index >= 15 is 0 Å². The van der Waals surface area contributed by atoms with E-state index in [-0.39, 0.29) is 4.87 Å². The van der Waals surface area contributed by atoms with E-state index < -0.39 is 0 Å². The molecule has 0 saturated heterocycles. The van der Waals surface area contributed by atoms with Crippen LogP contribution in [0.5, 0.6) is 0 Å². The number of aliphatic hydroxyl groups is 1. The third-order valence-electron chi connectivity index (χ3n) is 0. The number of hydrogen-bond acceptors (Lipinski definition) is 1. The molecule has 0 aliphatic rings. The lowest BCUT2D eigenvalue weighted by atomic mass is 10.3. The van der Waals surface area contributed by atoms with E-state index in [0.717, 1.165) is 7.11 Å². The van der Waals surface area contributed by atoms with Crippen molar-refractivity contribution in [1.29, 1.82) is 0 Å². The highest BCUT2D eigenvalue weighted by molar-refractivity contribution is 6.23. The lowest BCUT2D eigenvalue weighted by molar-refractivity contribution is 0.399. The third-order valence-corrected chi connectivity index (χ3v) is 0. The van der Waals surface area contributed by atoms with Crippen molar-refractivity contribution in [2.75, 3.05) is 7.11 Å². The average Bonchev–Trinajstić information content (AvgIpc) is 1.36. The standard InChI is InChI=1S/C4H9Cl.CH4O/c1-4(2,3)5;1-2/h1-3H3;2H,1H3. The molecule has 0 radical (unpaired) electrons. The van der Waals surface area contributed by atoms with E-state index in [9.17, 15) is 0 Å². The van der Waals surface area contributed by atoms with Crippen molar-refractivity contribution in [2.24, 2.45) is 0 Å². The van der Waals surface area contributed by atoms with Crippen LogP contribution in [0.2, 0.25) is 0 Å². The summed E-state index contributed by atoms with van der Waals surface area (Å²) >= 11 is 5.53. The number of aliphatic hydroxyl groups excluding tert-OH is 1. The fourth-order valence-corrected chi connectivity index (χ4v) is 0. The second-order valence-electron chi connectivity index (χ2n) is 2.07. The zero-order chi connectivity index (χ0) is 6.50. The molecule has 7 heavy (non-hydrogen) atoms. The first-order chi connectivity index (χ1) is 3.00. The SMILES string of the molecule is CC(C)(C)Cl.CO. The van der Waals surface area contributed by atoms with Crippen molar-refractivity contribution in [3.8, 4) is 0 Å². The van der Waals surface area contributed by atoms with Crippen LogP contribution in [0.15, 0.2) is 0 Å². The molecule has 0 aliphatic heterocycles. The van der Waals surface area contributed by atoms with Gasteiger partial charge in [0, 0.05) is 12.0 Å². The van der Waals surface area contributed by atoms with Crippen LogP contribution in [0.1, 0.15) is 20.8 Å². The zero-order valence-corrected chi connectivity index (χ0v) is 6.08. The van der Waals surface area contributed by atoms with Crippen LogP contribution >= 0.6 is 11.6 Å². The van der Waals surface area contributed by atoms with Gasteiger partial charge in [-0.05, 0) is 20.8 Å². The Bertz CT molecular complexity index is 23.6. The fraction of sp³-hybridized carbons (Fsp3) is 1.00. The van der Waals surface area contributed by atoms with E-state index in [0.29, 0.717) is 0 Å². The van der Waals surface area contributed by atoms with Crippen molar-refractivity contribution < 1.29 is 5.11 Å². The van der Waals surface area contributed by atoms with E-state index in [1.54, 1.807) is 0 Å². The highest BCUT2D eigenvalue weighted by Gasteiger charge is 1.99. The van der Waals surface area contributed by atoms with E-state index in [1.165, 1.54) is 0 Å². The third kappa shape index (κ3) is 1810. The van der Waals surface area contributed by atoms with Crippen LogP contribution in [0.3, 0.4) is 0 Å². The lowest BCUT2D eigenvalue weighted by Gasteiger charge is -2.01. The van der Waals surface area contributed by atoms with Gasteiger partial charge in [0.15, 0.2) is 0 Å². The molecule has 0 atom stereocenters. The van der Waals surface area contributed by atoms with E-state index in [4.69, 9.17) is 16.7 Å². The Morgan fingerprint density at radius 3 is 1.14 bits per heavy atom. The van der Waals surface area contributed by atoms with Gasteiger partial charge in [0.1, 0.15) is 0 Å². The second kappa shape index (κ2) is 4.41. The van der Waals surface area contributed by atoms with Crippen LogP contribution in [0.4, 0.5) is 0 Å². The molecule has 0 aliphatic carbocycles. The summed E-state index contributed by atoms with van der Waals surface area (Å²) in [4.78, 5) is -0.0278. The minimum atomic E-state index is -0.0278. The molecule has 2 heteroatoms. The van der Waals surface area contributed by atoms with Crippen molar-refractivity contribution >= 4 is 11.6 Å². The average molecular weight is 125 g/mol. The summed E-state index contributed by atoms with van der Waals surface area (Å²) in [5.41, 5.74) is 0. The molecule has 0 aromatic rings. The van der Waals surface area contributed by atoms with Crippen molar-refractivity contribution in [2.45, 2.75) is 25.6 Å². The first-order valence-electron chi connectivity index (χ1n) is 2.14. The largest absolute Gasteiger partial charge is 0.400 e. The summed E-state index contributed by atoms with van der Waals surface area (Å²) < 4.78 is 0. The van der Waals surface area contributed by atoms with Crippen molar-refractivity contribution in [3.63, 3.8) is 0 Å². The zero-order valence-electron chi connectivity index (χ0n) is 5.33. The lowest BCUT2D eigenvalue weighted by Crippen LogP contribution is -1.99. The van der Waals surface area contributed by atoms with Crippen LogP contribution < -0.4 is 0 Å². The molecule has 1 N–H and O–H groups in total. The van der Waals surface area contributed by atoms with Crippen molar-refractivity contribution in [3.05, 3.63) is 0 Å². The molecule has 0 rings (SSSR count). The highest BCUT2D eigenvalue weighted by atomic mass is 35.5. The van der Waals surface area contributed by atoms with E-state index in [1.807, 2.05) is 20.8 Å². The molecule has 46 valence electrons. The Hall–Kier alpha value is 0.250. The molecular weight excluding hydrogens is 112 g/mol. The molecule has 1 nitrogen and oxygen atoms in total. The summed E-state index contributed by atoms with van der Waals surface area (Å²) in [6.45, 7) is 5.86. The smallest absolute Gasteiger partial charge is 0.0362 e. The molecule has 0 saturated carbocycles. The number of halogens is 1. The molecule has 0 heterocycles. The van der Waals surface area contributed by atoms with Gasteiger partial charge in [-0.2, -0.15) is 0 Å². The van der Waals surface area contributed by atoms with Gasteiger partial charge >= 0.3 is 0 Å². The van der Waals surface area contributed by atoms with Gasteiger partial charge in [0.05, 0.1) is 0 Å². The van der Waals surface area contributed by atoms with Gasteiger partial charge in [-0.3, -0.25) is 0 Å². The van der Waals surface area contributed by atoms with Gasteiger partial charge in [-0.1, -0.05) is 0 Å². The maximum atomic E-state index is 7.00. The molecule has 0 aromatic heterocycles. The molecule has 0 spiro atoms. The Labute approximate surface area is 50.3 Å². The quantitative estimate of drug-likeness (QED) is 0.487. The highest BCUT2D eigenvalue weighted by Crippen LogP contribution is 2.07. The topological polar surface area (TPSA) is 20.2 Å². The van der Waals surface area contributed by atoms with Crippen LogP contribution in [-0.2, 0) is 0 Å². The first-order valence-corrected chi connectivity index (χ1v) is 2.51. The number of rotatable bonds is 0. The molecule has 0 unspecified atom stereocenters. The Morgan fingerprint density at radius 2 is 1.14 bits per heavy atom. The van der Waals surface area contributed by atoms with Gasteiger partial charge in [0.2, 0.25) is 0 Å². The van der Waals surface area contributed by atoms with Gasteiger partial charge < -0.3 is 5.11 Å². The maximum Gasteiger partial charge on any atom is 0.0362 e. The molecule has 0 bridgehead atoms. The van der Waals surface area contributed by atoms with Crippen molar-refractivity contribution in [1.82, 2.24) is 0 Å². The molecule has 0 aromatic carbocycles. The van der Waals surface area contributed by atoms with Crippen LogP contribution in [-0.4, -0.2) is 17.1 Å². The minimum Gasteiger partial charge on any atom is -0.400 e. The first kappa shape index (κ1) is 10.3. The predicted molar refractivity (Wildman–Crippen MR) is 33.7 cm³/mol. The van der Waals surface area contributed by atoms with Crippen LogP contribution in [0.25, 0.3) is 0 Å². The summed E-state index contributed by atoms with van der Waals surface area (Å²) in [6.07, 6.45) is 0. The number of alkyl halides is 1. The van der Waals surface area contributed by atoms with Crippen LogP contribution in [0, 0.1) is 0 Å². The maximum absolute atomic E-state index is 7.00. The van der Waals surface area contributed by atoms with Gasteiger partial charge in [0.25, 0.3) is 0 Å². The van der Waals surface area contributed by atoms with E-state index in [2.05, 4.69) is 0 Å². The normalized spacial score (nSPS) is 9.43. The summed E-state index contributed by atoms with van der Waals surface area (Å²) in [6, 6.07) is 0. The summed E-state index contributed by atoms with van der Waals surface area (Å²) in [7, 11) is 1.00. The fourth-order valence-electron chi connectivity index (χ4n) is 0.